The van der Waals surface area contributed by atoms with Crippen LogP contribution in [0.15, 0.2) is 42.0 Å². The molecule has 0 bridgehead atoms. The smallest absolute Gasteiger partial charge is 0.410 e. The second kappa shape index (κ2) is 10.2. The number of carbonyl (C=O) groups is 2. The first-order valence-electron chi connectivity index (χ1n) is 9.67. The molecule has 3 rings (SSSR count). The predicted molar refractivity (Wildman–Crippen MR) is 101 cm³/mol. The van der Waals surface area contributed by atoms with Gasteiger partial charge in [0.2, 0.25) is 0 Å². The van der Waals surface area contributed by atoms with Crippen molar-refractivity contribution in [1.82, 2.24) is 4.90 Å². The molecule has 0 spiro atoms. The summed E-state index contributed by atoms with van der Waals surface area (Å²) in [6, 6.07) is 9.11. The van der Waals surface area contributed by atoms with Crippen LogP contribution in [0.2, 0.25) is 0 Å². The number of nitrogens with zero attached hydrogens (tertiary/aromatic N) is 1. The molecule has 1 fully saturated rings. The minimum Gasteiger partial charge on any atom is -0.466 e. The lowest BCUT2D eigenvalue weighted by Gasteiger charge is -2.34. The molecule has 2 aliphatic rings. The predicted octanol–water partition coefficient (Wildman–Crippen LogP) is 3.04. The zero-order valence-corrected chi connectivity index (χ0v) is 16.2. The Morgan fingerprint density at radius 2 is 2.04 bits per heavy atom. The summed E-state index contributed by atoms with van der Waals surface area (Å²) in [4.78, 5) is 26.2. The Kier molecular flexibility index (Phi) is 7.45. The molecule has 1 saturated heterocycles. The number of esters is 1. The van der Waals surface area contributed by atoms with Crippen molar-refractivity contribution < 1.29 is 28.5 Å². The molecule has 2 aliphatic heterocycles. The quantitative estimate of drug-likeness (QED) is 0.696. The van der Waals surface area contributed by atoms with E-state index in [4.69, 9.17) is 18.9 Å². The maximum atomic E-state index is 12.7. The summed E-state index contributed by atoms with van der Waals surface area (Å²) >= 11 is 0. The van der Waals surface area contributed by atoms with E-state index >= 15 is 0 Å². The van der Waals surface area contributed by atoms with Gasteiger partial charge in [-0.2, -0.15) is 0 Å². The second-order valence-corrected chi connectivity index (χ2v) is 6.86. The van der Waals surface area contributed by atoms with Crippen LogP contribution >= 0.6 is 0 Å². The largest absolute Gasteiger partial charge is 0.466 e. The Morgan fingerprint density at radius 1 is 1.21 bits per heavy atom. The van der Waals surface area contributed by atoms with Crippen molar-refractivity contribution in [3.05, 3.63) is 47.5 Å². The Balaban J connectivity index is 1.63. The van der Waals surface area contributed by atoms with Crippen molar-refractivity contribution in [3.8, 4) is 0 Å². The second-order valence-electron chi connectivity index (χ2n) is 6.86. The van der Waals surface area contributed by atoms with Crippen molar-refractivity contribution in [1.29, 1.82) is 0 Å². The van der Waals surface area contributed by atoms with Gasteiger partial charge in [0.05, 0.1) is 19.8 Å². The monoisotopic (exact) mass is 389 g/mol. The number of carbonyl (C=O) groups excluding carboxylic acids is 2. The molecule has 2 heterocycles. The normalized spacial score (nSPS) is 22.3. The number of benzene rings is 1. The lowest BCUT2D eigenvalue weighted by molar-refractivity contribution is -0.167. The minimum absolute atomic E-state index is 0.197. The summed E-state index contributed by atoms with van der Waals surface area (Å²) in [5.41, 5.74) is 1.47. The van der Waals surface area contributed by atoms with E-state index in [0.29, 0.717) is 25.1 Å². The zero-order chi connectivity index (χ0) is 19.8. The van der Waals surface area contributed by atoms with E-state index < -0.39 is 12.1 Å². The van der Waals surface area contributed by atoms with Gasteiger partial charge in [-0.3, -0.25) is 4.90 Å². The van der Waals surface area contributed by atoms with Crippen LogP contribution in [0.3, 0.4) is 0 Å². The molecular weight excluding hydrogens is 362 g/mol. The maximum Gasteiger partial charge on any atom is 0.410 e. The molecular formula is C21H27NO6. The highest BCUT2D eigenvalue weighted by Crippen LogP contribution is 2.21. The fourth-order valence-electron chi connectivity index (χ4n) is 3.33. The van der Waals surface area contributed by atoms with Gasteiger partial charge in [0, 0.05) is 18.7 Å². The Morgan fingerprint density at radius 3 is 2.75 bits per heavy atom. The molecule has 152 valence electrons. The number of amides is 1. The van der Waals surface area contributed by atoms with E-state index in [1.807, 2.05) is 30.3 Å². The molecule has 28 heavy (non-hydrogen) atoms. The van der Waals surface area contributed by atoms with Gasteiger partial charge < -0.3 is 18.9 Å². The first kappa shape index (κ1) is 20.4. The standard InChI is InChI=1S/C21H27NO6/c1-25-20(23)17-10-11-22(21(24)28-14-16-7-3-2-4-8-16)18(13-17)15-27-19-9-5-6-12-26-19/h2-4,7-8,13,18-19H,5-6,9-12,14-15H2,1H3. The lowest BCUT2D eigenvalue weighted by Crippen LogP contribution is -2.46. The fourth-order valence-corrected chi connectivity index (χ4v) is 3.33. The molecule has 0 radical (unpaired) electrons. The number of rotatable bonds is 6. The molecule has 7 heteroatoms. The van der Waals surface area contributed by atoms with E-state index in [1.54, 1.807) is 11.0 Å². The van der Waals surface area contributed by atoms with Crippen molar-refractivity contribution in [3.63, 3.8) is 0 Å². The molecule has 1 aromatic carbocycles. The van der Waals surface area contributed by atoms with Crippen LogP contribution in [0.5, 0.6) is 0 Å². The topological polar surface area (TPSA) is 74.3 Å². The van der Waals surface area contributed by atoms with Crippen LogP contribution in [-0.4, -0.2) is 56.2 Å². The summed E-state index contributed by atoms with van der Waals surface area (Å²) in [6.07, 6.45) is 4.38. The third-order valence-electron chi connectivity index (χ3n) is 4.89. The van der Waals surface area contributed by atoms with Gasteiger partial charge in [-0.1, -0.05) is 30.3 Å². The highest BCUT2D eigenvalue weighted by molar-refractivity contribution is 5.89. The first-order valence-corrected chi connectivity index (χ1v) is 9.67. The average Bonchev–Trinajstić information content (AvgIpc) is 2.76. The molecule has 2 atom stereocenters. The van der Waals surface area contributed by atoms with Crippen molar-refractivity contribution >= 4 is 12.1 Å². The average molecular weight is 389 g/mol. The molecule has 7 nitrogen and oxygen atoms in total. The zero-order valence-electron chi connectivity index (χ0n) is 16.2. The molecule has 0 saturated carbocycles. The summed E-state index contributed by atoms with van der Waals surface area (Å²) < 4.78 is 21.7. The van der Waals surface area contributed by atoms with Crippen LogP contribution in [0.4, 0.5) is 4.79 Å². The van der Waals surface area contributed by atoms with Crippen molar-refractivity contribution in [2.75, 3.05) is 26.9 Å². The Bertz CT molecular complexity index is 683. The van der Waals surface area contributed by atoms with E-state index in [0.717, 1.165) is 24.8 Å². The molecule has 0 N–H and O–H groups in total. The SMILES string of the molecule is COC(=O)C1=CC(COC2CCCCO2)N(C(=O)OCc2ccccc2)CC1. The summed E-state index contributed by atoms with van der Waals surface area (Å²) in [7, 11) is 1.35. The summed E-state index contributed by atoms with van der Waals surface area (Å²) in [5, 5.41) is 0. The number of hydrogen-bond donors (Lipinski definition) is 0. The van der Waals surface area contributed by atoms with Gasteiger partial charge in [-0.25, -0.2) is 9.59 Å². The third-order valence-corrected chi connectivity index (χ3v) is 4.89. The van der Waals surface area contributed by atoms with Gasteiger partial charge >= 0.3 is 12.1 Å². The van der Waals surface area contributed by atoms with Crippen LogP contribution in [-0.2, 0) is 30.3 Å². The number of ether oxygens (including phenoxy) is 4. The van der Waals surface area contributed by atoms with E-state index in [2.05, 4.69) is 0 Å². The van der Waals surface area contributed by atoms with Gasteiger partial charge in [0.15, 0.2) is 6.29 Å². The third kappa shape index (κ3) is 5.56. The number of hydrogen-bond acceptors (Lipinski definition) is 6. The molecule has 1 aromatic rings. The van der Waals surface area contributed by atoms with Crippen LogP contribution < -0.4 is 0 Å². The van der Waals surface area contributed by atoms with E-state index in [-0.39, 0.29) is 25.5 Å². The van der Waals surface area contributed by atoms with Gasteiger partial charge in [0.25, 0.3) is 0 Å². The lowest BCUT2D eigenvalue weighted by atomic mass is 10.0. The molecule has 0 aliphatic carbocycles. The maximum absolute atomic E-state index is 12.7. The Hall–Kier alpha value is -2.38. The highest BCUT2D eigenvalue weighted by atomic mass is 16.7. The van der Waals surface area contributed by atoms with Gasteiger partial charge in [-0.05, 0) is 37.3 Å². The fraction of sp³-hybridized carbons (Fsp3) is 0.524. The minimum atomic E-state index is -0.429. The van der Waals surface area contributed by atoms with Crippen molar-refractivity contribution in [2.45, 2.75) is 44.6 Å². The Labute approximate surface area is 165 Å². The molecule has 0 aromatic heterocycles. The number of methoxy groups -OCH3 is 1. The summed E-state index contributed by atoms with van der Waals surface area (Å²) in [5.74, 6) is -0.379. The molecule has 2 unspecified atom stereocenters. The van der Waals surface area contributed by atoms with Crippen LogP contribution in [0.1, 0.15) is 31.2 Å². The van der Waals surface area contributed by atoms with Gasteiger partial charge in [-0.15, -0.1) is 0 Å². The van der Waals surface area contributed by atoms with E-state index in [1.165, 1.54) is 7.11 Å². The van der Waals surface area contributed by atoms with Gasteiger partial charge in [0.1, 0.15) is 6.61 Å². The summed E-state index contributed by atoms with van der Waals surface area (Å²) in [6.45, 7) is 1.49. The first-order chi connectivity index (χ1) is 13.7. The molecule has 1 amide bonds. The highest BCUT2D eigenvalue weighted by Gasteiger charge is 2.31. The van der Waals surface area contributed by atoms with Crippen molar-refractivity contribution in [2.24, 2.45) is 0 Å². The van der Waals surface area contributed by atoms with E-state index in [9.17, 15) is 9.59 Å². The van der Waals surface area contributed by atoms with Crippen LogP contribution in [0, 0.1) is 0 Å². The van der Waals surface area contributed by atoms with Crippen LogP contribution in [0.25, 0.3) is 0 Å².